The summed E-state index contributed by atoms with van der Waals surface area (Å²) in [6, 6.07) is 40.7. The van der Waals surface area contributed by atoms with Gasteiger partial charge >= 0.3 is 28.5 Å². The van der Waals surface area contributed by atoms with Crippen molar-refractivity contribution in [3.63, 3.8) is 0 Å². The Morgan fingerprint density at radius 3 is 1.14 bits per heavy atom. The van der Waals surface area contributed by atoms with Crippen LogP contribution in [0.4, 0.5) is 15.8 Å². The highest BCUT2D eigenvalue weighted by Gasteiger charge is 2.27. The molecule has 0 atom stereocenters. The van der Waals surface area contributed by atoms with Crippen LogP contribution >= 0.6 is 0 Å². The number of Topliss-reactive ketones (excluding diaryl/α,β-unsaturated/α-hetero) is 9. The molecular formula is C111H147FN12O24S2. The van der Waals surface area contributed by atoms with Crippen LogP contribution in [0.5, 0.6) is 5.75 Å². The zero-order valence-electron chi connectivity index (χ0n) is 89.0. The molecular weight excluding hydrogens is 1970 g/mol. The van der Waals surface area contributed by atoms with Gasteiger partial charge in [-0.25, -0.2) is 32.0 Å². The van der Waals surface area contributed by atoms with E-state index in [4.69, 9.17) is 96.6 Å². The fourth-order valence-corrected chi connectivity index (χ4v) is 15.4. The quantitative estimate of drug-likeness (QED) is 0.00425. The molecule has 0 saturated heterocycles. The summed E-state index contributed by atoms with van der Waals surface area (Å²) >= 11 is 0. The zero-order chi connectivity index (χ0) is 115. The number of nitro benzene ring substituents is 1. The number of carbonyl (C=O) groups excluding carboxylic acids is 10. The number of rotatable bonds is 39. The van der Waals surface area contributed by atoms with Gasteiger partial charge in [-0.1, -0.05) is 192 Å². The Hall–Kier alpha value is -14.1. The second-order valence-corrected chi connectivity index (χ2v) is 39.1. The van der Waals surface area contributed by atoms with Gasteiger partial charge in [0, 0.05) is 174 Å². The molecule has 9 aromatic rings. The molecule has 0 amide bonds. The van der Waals surface area contributed by atoms with Gasteiger partial charge in [0.15, 0.2) is 67.6 Å². The van der Waals surface area contributed by atoms with Gasteiger partial charge in [-0.15, -0.1) is 12.6 Å². The molecule has 0 fully saturated rings. The molecule has 9 aromatic carbocycles. The van der Waals surface area contributed by atoms with E-state index in [9.17, 15) is 85.3 Å². The first kappa shape index (κ1) is 136. The maximum absolute atomic E-state index is 12.8. The number of nitro groups is 1. The second-order valence-electron chi connectivity index (χ2n) is 36.6. The monoisotopic (exact) mass is 2120 g/mol. The number of aryl methyl sites for hydroxylation is 1. The standard InChI is InChI=1S/C16H26N2O3S.2C13H17NO3.C12H14N2O.2C12H15NO3.C11H14FNO.C11H14N2O3.C11H15NO.O3S/c1-12(2)16(19)15-7-6-14(10-13(15)11-18)22(20,21)9-5-3-4-8-17;1-7(2)12(15)11-8(3)4-9(13(16)17)5-10(11)6-14;1-7(2)12(15)10-5-4-9(13(16)17)8(3)11(10)6-14;1-8(2)12(15)11-5-4-10(14-3)6-9(11)7-13;1-8(2)12(15)11-5-10(16-7-14)4-3-9(11)6-13;1-7(2)11(14)10-4-3-8(12(15)16)5-9(10)6-13;1-7(2)11(14)10-4-3-9(12)5-8(10)6-13;1-7(2)11(14)10-4-3-9(13(15)16)5-8(10)6-12;1-8(2)11(13)10-6-4-3-5-9(10)7-12;1-4(2)3/h6-7,10,12H,3-5,8-9,11,17-18H2,1-2H3;2*4-5,7H,6,14H2,1-3H3,(H,16,17);4-6,8H,7,13H2,1-2H3;3-5,7-8H,6,13H2,1-2H3;3-5,7H,6,13H2,1-2H3,(H,15,16);3-5,7H,6,13H2,1-2H3;3-5,7H,6,12H2,1-2H3;3-6,8H,7,12H2,1-2H3;. The van der Waals surface area contributed by atoms with E-state index in [0.717, 1.165) is 35.1 Å². The van der Waals surface area contributed by atoms with Crippen LogP contribution in [0.3, 0.4) is 0 Å². The minimum atomic E-state index is -3.34. The average molecular weight is 2120 g/mol. The van der Waals surface area contributed by atoms with Gasteiger partial charge in [0.05, 0.1) is 38.8 Å². The third kappa shape index (κ3) is 44.0. The number of nitrogens with zero attached hydrogens (tertiary/aromatic N) is 2. The number of unbranched alkanes of at least 4 members (excludes halogenated alkanes) is 2. The van der Waals surface area contributed by atoms with Gasteiger partial charge in [-0.05, 0) is 179 Å². The van der Waals surface area contributed by atoms with E-state index in [2.05, 4.69) is 4.85 Å². The maximum atomic E-state index is 12.8. The highest BCUT2D eigenvalue weighted by atomic mass is 32.2. The number of sulfone groups is 1. The lowest BCUT2D eigenvalue weighted by molar-refractivity contribution is -0.384. The molecule has 0 aliphatic heterocycles. The summed E-state index contributed by atoms with van der Waals surface area (Å²) < 4.78 is 67.5. The number of ketones is 9. The Kier molecular flexibility index (Phi) is 62.0. The predicted octanol–water partition coefficient (Wildman–Crippen LogP) is 16.6. The number of hydrogen-bond acceptors (Lipinski definition) is 31. The second kappa shape index (κ2) is 68.5. The first-order valence-corrected chi connectivity index (χ1v) is 50.8. The SMILES string of the molecule is CC(C)C(=O)c1cc(OC=O)ccc1CN.CC(C)C(=O)c1ccc(C(=O)O)cc1CN.CC(C)C(=O)c1ccc(F)cc1CN.CC(C)C(=O)c1ccc(S(=O)(=O)CCCCCN)cc1CN.CC(C)C(=O)c1ccc([N+](=O)[O-])cc1CN.CC(C)C(=O)c1ccccc1CN.Cc1c(C(=O)O)ccc(C(=O)C(C)C)c1CN.Cc1cc(C(=O)O)cc(CN)c1C(=O)C(C)C.O=S(=O)=O.[C-]#[N+]c1ccc(C(=O)C(C)C)c(CN)c1. The van der Waals surface area contributed by atoms with E-state index in [1.54, 1.807) is 90.1 Å². The van der Waals surface area contributed by atoms with Crippen LogP contribution in [-0.2, 0) is 84.1 Å². The van der Waals surface area contributed by atoms with Gasteiger partial charge in [0.1, 0.15) is 11.6 Å². The van der Waals surface area contributed by atoms with Crippen LogP contribution in [-0.4, -0.2) is 130 Å². The minimum absolute atomic E-state index is 0.000103. The molecule has 0 spiro atoms. The predicted molar refractivity (Wildman–Crippen MR) is 576 cm³/mol. The summed E-state index contributed by atoms with van der Waals surface area (Å²) in [5, 5.41) is 37.3. The van der Waals surface area contributed by atoms with Crippen LogP contribution < -0.4 is 62.1 Å². The Labute approximate surface area is 879 Å². The average Bonchev–Trinajstić information content (AvgIpc) is 0.805. The molecule has 9 rings (SSSR count). The number of non-ortho nitro benzene ring substituents is 1. The summed E-state index contributed by atoms with van der Waals surface area (Å²) in [7, 11) is -6.45. The molecule has 36 nitrogen and oxygen atoms in total. The first-order valence-electron chi connectivity index (χ1n) is 48.2. The Bertz CT molecular complexity index is 6380. The van der Waals surface area contributed by atoms with Crippen molar-refractivity contribution in [3.8, 4) is 5.75 Å². The molecule has 150 heavy (non-hydrogen) atoms. The van der Waals surface area contributed by atoms with E-state index < -0.39 is 43.3 Å². The fraction of sp³-hybridized carbons (Fsp3) is 0.387. The molecule has 39 heteroatoms. The molecule has 0 aliphatic carbocycles. The number of aromatic carboxylic acids is 3. The molecule has 0 unspecified atom stereocenters. The molecule has 0 saturated carbocycles. The number of benzene rings is 9. The Morgan fingerprint density at radius 2 is 0.740 bits per heavy atom. The lowest BCUT2D eigenvalue weighted by atomic mass is 9.91. The third-order valence-electron chi connectivity index (χ3n) is 22.3. The van der Waals surface area contributed by atoms with Gasteiger partial charge in [0.2, 0.25) is 0 Å². The van der Waals surface area contributed by atoms with Gasteiger partial charge in [0.25, 0.3) is 12.2 Å². The third-order valence-corrected chi connectivity index (χ3v) is 24.1. The van der Waals surface area contributed by atoms with Crippen molar-refractivity contribution in [2.75, 3.05) is 12.3 Å². The maximum Gasteiger partial charge on any atom is 0.425 e. The van der Waals surface area contributed by atoms with Crippen LogP contribution in [0, 0.1) is 89.6 Å². The summed E-state index contributed by atoms with van der Waals surface area (Å²) in [4.78, 5) is 163. The van der Waals surface area contributed by atoms with Crippen molar-refractivity contribution < 1.29 is 113 Å². The van der Waals surface area contributed by atoms with E-state index in [1.807, 2.05) is 121 Å². The molecule has 23 N–H and O–H groups in total. The lowest BCUT2D eigenvalue weighted by Gasteiger charge is -2.14. The van der Waals surface area contributed by atoms with E-state index in [1.165, 1.54) is 84.9 Å². The highest BCUT2D eigenvalue weighted by Crippen LogP contribution is 2.29. The topological polar surface area (TPSA) is 685 Å². The van der Waals surface area contributed by atoms with Crippen molar-refractivity contribution in [1.29, 1.82) is 0 Å². The van der Waals surface area contributed by atoms with Crippen molar-refractivity contribution in [2.45, 2.75) is 222 Å². The summed E-state index contributed by atoms with van der Waals surface area (Å²) in [5.74, 6) is -3.67. The highest BCUT2D eigenvalue weighted by molar-refractivity contribution is 7.91. The largest absolute Gasteiger partial charge is 0.478 e. The van der Waals surface area contributed by atoms with Crippen LogP contribution in [0.1, 0.15) is 329 Å². The summed E-state index contributed by atoms with van der Waals surface area (Å²) in [6.45, 7) is 45.9. The van der Waals surface area contributed by atoms with Gasteiger partial charge in [-0.3, -0.25) is 58.1 Å². The number of nitrogens with two attached hydrogens (primary N) is 10. The Morgan fingerprint density at radius 1 is 0.387 bits per heavy atom. The molecule has 0 aromatic heterocycles. The fourth-order valence-electron chi connectivity index (χ4n) is 14.0. The number of halogens is 1. The van der Waals surface area contributed by atoms with Crippen molar-refractivity contribution in [2.24, 2.45) is 111 Å². The van der Waals surface area contributed by atoms with E-state index in [0.29, 0.717) is 126 Å². The van der Waals surface area contributed by atoms with Crippen molar-refractivity contribution in [3.05, 3.63) is 313 Å². The van der Waals surface area contributed by atoms with Crippen LogP contribution in [0.2, 0.25) is 0 Å². The lowest BCUT2D eigenvalue weighted by Crippen LogP contribution is -2.16. The normalized spacial score (nSPS) is 10.6. The number of carboxylic acid groups (broad SMARTS) is 3. The number of carboxylic acids is 3. The molecule has 0 radical (unpaired) electrons. The van der Waals surface area contributed by atoms with E-state index in [-0.39, 0.29) is 197 Å². The first-order chi connectivity index (χ1) is 70.2. The Balaban J connectivity index is 0.00000166. The van der Waals surface area contributed by atoms with Crippen molar-refractivity contribution >= 4 is 108 Å². The van der Waals surface area contributed by atoms with Gasteiger partial charge in [-0.2, -0.15) is 0 Å². The number of ether oxygens (including phenoxy) is 1. The van der Waals surface area contributed by atoms with Crippen LogP contribution in [0.25, 0.3) is 4.85 Å². The summed E-state index contributed by atoms with van der Waals surface area (Å²) in [6.07, 6.45) is 2.21. The number of carbonyl (C=O) groups is 13. The molecule has 0 heterocycles. The van der Waals surface area contributed by atoms with Crippen LogP contribution in [0.15, 0.2) is 163 Å². The minimum Gasteiger partial charge on any atom is -0.478 e. The molecule has 0 bridgehead atoms. The number of hydrogen-bond donors (Lipinski definition) is 13. The molecule has 0 aliphatic rings. The zero-order valence-corrected chi connectivity index (χ0v) is 90.6. The molecule has 814 valence electrons. The smallest absolute Gasteiger partial charge is 0.425 e. The van der Waals surface area contributed by atoms with Gasteiger partial charge < -0.3 is 77.4 Å². The van der Waals surface area contributed by atoms with Crippen molar-refractivity contribution in [1.82, 2.24) is 0 Å². The summed E-state index contributed by atoms with van der Waals surface area (Å²) in [5.41, 5.74) is 68.6. The van der Waals surface area contributed by atoms with E-state index >= 15 is 0 Å².